The Morgan fingerprint density at radius 2 is 1.88 bits per heavy atom. The van der Waals surface area contributed by atoms with E-state index in [1.54, 1.807) is 0 Å². The van der Waals surface area contributed by atoms with E-state index < -0.39 is 0 Å². The van der Waals surface area contributed by atoms with Crippen molar-refractivity contribution in [2.75, 3.05) is 18.4 Å². The van der Waals surface area contributed by atoms with Crippen LogP contribution in [0.2, 0.25) is 5.02 Å². The number of anilines is 1. The molecular weight excluding hydrogens is 332 g/mol. The van der Waals surface area contributed by atoms with Gasteiger partial charge in [0.2, 0.25) is 5.91 Å². The van der Waals surface area contributed by atoms with Gasteiger partial charge in [0.1, 0.15) is 0 Å². The van der Waals surface area contributed by atoms with Crippen LogP contribution in [-0.2, 0) is 11.3 Å². The molecule has 0 saturated carbocycles. The average molecular weight is 357 g/mol. The first-order valence-electron chi connectivity index (χ1n) is 8.87. The molecule has 1 amide bonds. The molecule has 1 fully saturated rings. The fourth-order valence-corrected chi connectivity index (χ4v) is 3.57. The van der Waals surface area contributed by atoms with E-state index >= 15 is 0 Å². The SMILES string of the molecule is Cc1cccc(CN2CCC(C(=O)Nc3cccc(Cl)c3C)CC2)c1. The minimum atomic E-state index is 0.0761. The van der Waals surface area contributed by atoms with E-state index in [1.807, 2.05) is 25.1 Å². The minimum absolute atomic E-state index is 0.0761. The van der Waals surface area contributed by atoms with Crippen LogP contribution in [0.5, 0.6) is 0 Å². The maximum Gasteiger partial charge on any atom is 0.227 e. The summed E-state index contributed by atoms with van der Waals surface area (Å²) in [6, 6.07) is 14.3. The Morgan fingerprint density at radius 3 is 2.60 bits per heavy atom. The van der Waals surface area contributed by atoms with Gasteiger partial charge in [-0.1, -0.05) is 47.5 Å². The quantitative estimate of drug-likeness (QED) is 0.852. The van der Waals surface area contributed by atoms with E-state index in [0.717, 1.165) is 43.7 Å². The smallest absolute Gasteiger partial charge is 0.227 e. The number of aryl methyl sites for hydroxylation is 1. The van der Waals surface area contributed by atoms with Crippen LogP contribution < -0.4 is 5.32 Å². The van der Waals surface area contributed by atoms with Crippen molar-refractivity contribution >= 4 is 23.2 Å². The van der Waals surface area contributed by atoms with Crippen LogP contribution in [0.15, 0.2) is 42.5 Å². The monoisotopic (exact) mass is 356 g/mol. The second-order valence-electron chi connectivity index (χ2n) is 6.94. The van der Waals surface area contributed by atoms with Gasteiger partial charge in [-0.25, -0.2) is 0 Å². The van der Waals surface area contributed by atoms with Crippen molar-refractivity contribution in [2.45, 2.75) is 33.2 Å². The van der Waals surface area contributed by atoms with Crippen molar-refractivity contribution in [2.24, 2.45) is 5.92 Å². The predicted octanol–water partition coefficient (Wildman–Crippen LogP) is 4.81. The standard InChI is InChI=1S/C21H25ClN2O/c1-15-5-3-6-17(13-15)14-24-11-9-18(10-12-24)21(25)23-20-8-4-7-19(22)16(20)2/h3-8,13,18H,9-12,14H2,1-2H3,(H,23,25). The van der Waals surface area contributed by atoms with Gasteiger partial charge in [-0.05, 0) is 63.0 Å². The number of carbonyl (C=O) groups excluding carboxylic acids is 1. The molecule has 0 radical (unpaired) electrons. The molecule has 1 aliphatic rings. The van der Waals surface area contributed by atoms with E-state index in [-0.39, 0.29) is 11.8 Å². The molecule has 0 aromatic heterocycles. The van der Waals surface area contributed by atoms with Crippen molar-refractivity contribution in [1.29, 1.82) is 0 Å². The highest BCUT2D eigenvalue weighted by Crippen LogP contribution is 2.25. The molecule has 1 heterocycles. The topological polar surface area (TPSA) is 32.3 Å². The number of nitrogens with one attached hydrogen (secondary N) is 1. The molecule has 132 valence electrons. The van der Waals surface area contributed by atoms with Gasteiger partial charge < -0.3 is 5.32 Å². The summed E-state index contributed by atoms with van der Waals surface area (Å²) in [6.45, 7) is 6.94. The van der Waals surface area contributed by atoms with Gasteiger partial charge in [-0.2, -0.15) is 0 Å². The predicted molar refractivity (Wildman–Crippen MR) is 104 cm³/mol. The van der Waals surface area contributed by atoms with Gasteiger partial charge in [0.05, 0.1) is 0 Å². The van der Waals surface area contributed by atoms with Gasteiger partial charge >= 0.3 is 0 Å². The summed E-state index contributed by atoms with van der Waals surface area (Å²) in [5.41, 5.74) is 4.38. The van der Waals surface area contributed by atoms with Crippen LogP contribution in [0.1, 0.15) is 29.5 Å². The zero-order valence-electron chi connectivity index (χ0n) is 14.9. The van der Waals surface area contributed by atoms with Crippen LogP contribution in [0, 0.1) is 19.8 Å². The Labute approximate surface area is 155 Å². The summed E-state index contributed by atoms with van der Waals surface area (Å²) in [6.07, 6.45) is 1.80. The Kier molecular flexibility index (Phi) is 5.77. The van der Waals surface area contributed by atoms with E-state index in [9.17, 15) is 4.79 Å². The van der Waals surface area contributed by atoms with Crippen molar-refractivity contribution in [3.05, 3.63) is 64.2 Å². The maximum atomic E-state index is 12.6. The number of amides is 1. The molecule has 0 unspecified atom stereocenters. The lowest BCUT2D eigenvalue weighted by molar-refractivity contribution is -0.121. The van der Waals surface area contributed by atoms with Crippen molar-refractivity contribution < 1.29 is 4.79 Å². The number of hydrogen-bond donors (Lipinski definition) is 1. The summed E-state index contributed by atoms with van der Waals surface area (Å²) in [5, 5.41) is 3.74. The first kappa shape index (κ1) is 18.0. The van der Waals surface area contributed by atoms with Gasteiger partial charge in [-0.3, -0.25) is 9.69 Å². The Morgan fingerprint density at radius 1 is 1.16 bits per heavy atom. The highest BCUT2D eigenvalue weighted by molar-refractivity contribution is 6.31. The van der Waals surface area contributed by atoms with Crippen LogP contribution in [0.25, 0.3) is 0 Å². The highest BCUT2D eigenvalue weighted by atomic mass is 35.5. The molecule has 4 heteroatoms. The number of hydrogen-bond acceptors (Lipinski definition) is 2. The zero-order chi connectivity index (χ0) is 17.8. The lowest BCUT2D eigenvalue weighted by Gasteiger charge is -2.31. The summed E-state index contributed by atoms with van der Waals surface area (Å²) in [5.74, 6) is 0.188. The van der Waals surface area contributed by atoms with Gasteiger partial charge in [-0.15, -0.1) is 0 Å². The molecule has 3 rings (SSSR count). The molecular formula is C21H25ClN2O. The van der Waals surface area contributed by atoms with Gasteiger partial charge in [0.15, 0.2) is 0 Å². The molecule has 0 bridgehead atoms. The number of nitrogens with zero attached hydrogens (tertiary/aromatic N) is 1. The summed E-state index contributed by atoms with van der Waals surface area (Å²) in [7, 11) is 0. The highest BCUT2D eigenvalue weighted by Gasteiger charge is 2.25. The van der Waals surface area contributed by atoms with E-state index in [4.69, 9.17) is 11.6 Å². The molecule has 0 spiro atoms. The molecule has 25 heavy (non-hydrogen) atoms. The normalized spacial score (nSPS) is 16.0. The third-order valence-electron chi connectivity index (χ3n) is 4.97. The molecule has 2 aromatic carbocycles. The fraction of sp³-hybridized carbons (Fsp3) is 0.381. The molecule has 2 aromatic rings. The average Bonchev–Trinajstić information content (AvgIpc) is 2.59. The minimum Gasteiger partial charge on any atom is -0.326 e. The van der Waals surface area contributed by atoms with Crippen molar-refractivity contribution in [3.8, 4) is 0 Å². The molecule has 0 atom stereocenters. The number of rotatable bonds is 4. The summed E-state index contributed by atoms with van der Waals surface area (Å²) < 4.78 is 0. The Bertz CT molecular complexity index is 751. The van der Waals surface area contributed by atoms with Crippen molar-refractivity contribution in [1.82, 2.24) is 4.90 Å². The molecule has 1 N–H and O–H groups in total. The lowest BCUT2D eigenvalue weighted by atomic mass is 9.95. The van der Waals surface area contributed by atoms with Crippen LogP contribution >= 0.6 is 11.6 Å². The molecule has 3 nitrogen and oxygen atoms in total. The Balaban J connectivity index is 1.53. The summed E-state index contributed by atoms with van der Waals surface area (Å²) >= 11 is 6.13. The van der Waals surface area contributed by atoms with Crippen LogP contribution in [0.4, 0.5) is 5.69 Å². The third kappa shape index (κ3) is 4.62. The van der Waals surface area contributed by atoms with Crippen LogP contribution in [-0.4, -0.2) is 23.9 Å². The second kappa shape index (κ2) is 8.03. The molecule has 1 aliphatic heterocycles. The first-order valence-corrected chi connectivity index (χ1v) is 9.24. The largest absolute Gasteiger partial charge is 0.326 e. The molecule has 1 saturated heterocycles. The van der Waals surface area contributed by atoms with Gasteiger partial charge in [0, 0.05) is 23.2 Å². The number of piperidine rings is 1. The van der Waals surface area contributed by atoms with E-state index in [1.165, 1.54) is 11.1 Å². The van der Waals surface area contributed by atoms with E-state index in [0.29, 0.717) is 5.02 Å². The van der Waals surface area contributed by atoms with Crippen LogP contribution in [0.3, 0.4) is 0 Å². The van der Waals surface area contributed by atoms with Gasteiger partial charge in [0.25, 0.3) is 0 Å². The zero-order valence-corrected chi connectivity index (χ0v) is 15.6. The molecule has 0 aliphatic carbocycles. The number of halogens is 1. The third-order valence-corrected chi connectivity index (χ3v) is 5.38. The fourth-order valence-electron chi connectivity index (χ4n) is 3.40. The number of benzene rings is 2. The second-order valence-corrected chi connectivity index (χ2v) is 7.35. The number of carbonyl (C=O) groups is 1. The Hall–Kier alpha value is -1.84. The first-order chi connectivity index (χ1) is 12.0. The lowest BCUT2D eigenvalue weighted by Crippen LogP contribution is -2.37. The van der Waals surface area contributed by atoms with Crippen molar-refractivity contribution in [3.63, 3.8) is 0 Å². The summed E-state index contributed by atoms with van der Waals surface area (Å²) in [4.78, 5) is 15.0. The number of likely N-dealkylation sites (tertiary alicyclic amines) is 1. The van der Waals surface area contributed by atoms with E-state index in [2.05, 4.69) is 41.4 Å². The maximum absolute atomic E-state index is 12.6.